The Bertz CT molecular complexity index is 959. The van der Waals surface area contributed by atoms with Gasteiger partial charge in [0, 0.05) is 25.6 Å². The molecule has 1 aromatic carbocycles. The third-order valence-electron chi connectivity index (χ3n) is 5.36. The van der Waals surface area contributed by atoms with Gasteiger partial charge < -0.3 is 9.15 Å². The zero-order valence-corrected chi connectivity index (χ0v) is 17.0. The number of hydrogen-bond acceptors (Lipinski definition) is 7. The average Bonchev–Trinajstić information content (AvgIpc) is 3.40. The minimum atomic E-state index is -3.55. The Labute approximate surface area is 169 Å². The highest BCUT2D eigenvalue weighted by molar-refractivity contribution is 7.89. The number of benzene rings is 1. The topological polar surface area (TPSA) is 115 Å². The third kappa shape index (κ3) is 4.34. The summed E-state index contributed by atoms with van der Waals surface area (Å²) >= 11 is 0. The molecule has 0 spiro atoms. The number of carbonyl (C=O) groups is 1. The second-order valence-electron chi connectivity index (χ2n) is 7.43. The SMILES string of the molecule is Cc1ccc(S(=O)(=O)N2CCC(C(=O)Nc3nnc(C4CCCO4)o3)CC2)cc1. The van der Waals surface area contributed by atoms with Gasteiger partial charge in [0.1, 0.15) is 6.10 Å². The first-order valence-corrected chi connectivity index (χ1v) is 11.2. The van der Waals surface area contributed by atoms with Crippen LogP contribution in [0.4, 0.5) is 6.01 Å². The first-order chi connectivity index (χ1) is 13.9. The maximum atomic E-state index is 12.8. The molecular weight excluding hydrogens is 396 g/mol. The van der Waals surface area contributed by atoms with E-state index in [1.165, 1.54) is 4.31 Å². The van der Waals surface area contributed by atoms with Crippen LogP contribution in [-0.2, 0) is 19.6 Å². The molecule has 1 amide bonds. The van der Waals surface area contributed by atoms with Crippen LogP contribution in [0.3, 0.4) is 0 Å². The van der Waals surface area contributed by atoms with Gasteiger partial charge in [-0.25, -0.2) is 8.42 Å². The van der Waals surface area contributed by atoms with Crippen molar-refractivity contribution in [1.82, 2.24) is 14.5 Å². The molecule has 2 aromatic rings. The molecule has 2 saturated heterocycles. The van der Waals surface area contributed by atoms with E-state index in [-0.39, 0.29) is 28.8 Å². The Hall–Kier alpha value is -2.30. The number of sulfonamides is 1. The smallest absolute Gasteiger partial charge is 0.322 e. The van der Waals surface area contributed by atoms with E-state index in [0.29, 0.717) is 38.4 Å². The first-order valence-electron chi connectivity index (χ1n) is 9.76. The number of nitrogens with zero attached hydrogens (tertiary/aromatic N) is 3. The Morgan fingerprint density at radius 3 is 2.52 bits per heavy atom. The van der Waals surface area contributed by atoms with Gasteiger partial charge in [-0.15, -0.1) is 5.10 Å². The number of piperidine rings is 1. The number of ether oxygens (including phenoxy) is 1. The normalized spacial score (nSPS) is 21.3. The van der Waals surface area contributed by atoms with Crippen molar-refractivity contribution in [2.45, 2.75) is 43.6 Å². The van der Waals surface area contributed by atoms with Crippen LogP contribution in [0.2, 0.25) is 0 Å². The molecule has 156 valence electrons. The van der Waals surface area contributed by atoms with Crippen molar-refractivity contribution < 1.29 is 22.4 Å². The lowest BCUT2D eigenvalue weighted by Gasteiger charge is -2.30. The quantitative estimate of drug-likeness (QED) is 0.789. The van der Waals surface area contributed by atoms with Crippen LogP contribution in [0, 0.1) is 12.8 Å². The van der Waals surface area contributed by atoms with E-state index in [9.17, 15) is 13.2 Å². The highest BCUT2D eigenvalue weighted by Crippen LogP contribution is 2.29. The summed E-state index contributed by atoms with van der Waals surface area (Å²) in [5.74, 6) is -0.172. The van der Waals surface area contributed by atoms with Crippen molar-refractivity contribution in [2.24, 2.45) is 5.92 Å². The second-order valence-corrected chi connectivity index (χ2v) is 9.37. The Balaban J connectivity index is 1.33. The van der Waals surface area contributed by atoms with Crippen LogP contribution in [0.5, 0.6) is 0 Å². The number of amides is 1. The number of aromatic nitrogens is 2. The highest BCUT2D eigenvalue weighted by atomic mass is 32.2. The summed E-state index contributed by atoms with van der Waals surface area (Å²) in [5.41, 5.74) is 1.00. The maximum absolute atomic E-state index is 12.8. The van der Waals surface area contributed by atoms with E-state index in [1.807, 2.05) is 6.92 Å². The van der Waals surface area contributed by atoms with Crippen LogP contribution in [0.15, 0.2) is 33.6 Å². The molecule has 9 nitrogen and oxygen atoms in total. The molecule has 1 aromatic heterocycles. The number of nitrogens with one attached hydrogen (secondary N) is 1. The van der Waals surface area contributed by atoms with E-state index in [0.717, 1.165) is 18.4 Å². The summed E-state index contributed by atoms with van der Waals surface area (Å²) in [4.78, 5) is 12.8. The van der Waals surface area contributed by atoms with Crippen molar-refractivity contribution in [1.29, 1.82) is 0 Å². The lowest BCUT2D eigenvalue weighted by molar-refractivity contribution is -0.121. The minimum Gasteiger partial charge on any atom is -0.405 e. The van der Waals surface area contributed by atoms with Gasteiger partial charge in [0.15, 0.2) is 0 Å². The number of anilines is 1. The molecule has 1 unspecified atom stereocenters. The third-order valence-corrected chi connectivity index (χ3v) is 7.27. The molecule has 3 heterocycles. The van der Waals surface area contributed by atoms with Gasteiger partial charge in [-0.05, 0) is 44.7 Å². The summed E-state index contributed by atoms with van der Waals surface area (Å²) in [6, 6.07) is 6.84. The molecule has 2 aliphatic heterocycles. The minimum absolute atomic E-state index is 0.0511. The van der Waals surface area contributed by atoms with Gasteiger partial charge in [-0.1, -0.05) is 22.8 Å². The molecule has 0 bridgehead atoms. The average molecular weight is 420 g/mol. The summed E-state index contributed by atoms with van der Waals surface area (Å²) in [6.45, 7) is 3.16. The first kappa shape index (κ1) is 20.0. The number of hydrogen-bond donors (Lipinski definition) is 1. The largest absolute Gasteiger partial charge is 0.405 e. The fourth-order valence-corrected chi connectivity index (χ4v) is 5.08. The predicted molar refractivity (Wildman–Crippen MR) is 104 cm³/mol. The van der Waals surface area contributed by atoms with Gasteiger partial charge >= 0.3 is 6.01 Å². The van der Waals surface area contributed by atoms with Crippen LogP contribution < -0.4 is 5.32 Å². The fraction of sp³-hybridized carbons (Fsp3) is 0.526. The molecule has 10 heteroatoms. The van der Waals surface area contributed by atoms with Crippen molar-refractivity contribution in [3.05, 3.63) is 35.7 Å². The highest BCUT2D eigenvalue weighted by Gasteiger charge is 2.33. The summed E-state index contributed by atoms with van der Waals surface area (Å²) in [6.07, 6.45) is 2.43. The van der Waals surface area contributed by atoms with E-state index in [4.69, 9.17) is 9.15 Å². The van der Waals surface area contributed by atoms with Crippen molar-refractivity contribution >= 4 is 21.9 Å². The maximum Gasteiger partial charge on any atom is 0.322 e. The van der Waals surface area contributed by atoms with Gasteiger partial charge in [-0.3, -0.25) is 10.1 Å². The van der Waals surface area contributed by atoms with Gasteiger partial charge in [0.05, 0.1) is 4.90 Å². The lowest BCUT2D eigenvalue weighted by atomic mass is 9.97. The molecule has 0 aliphatic carbocycles. The van der Waals surface area contributed by atoms with Crippen LogP contribution >= 0.6 is 0 Å². The molecular formula is C19H24N4O5S. The molecule has 0 radical (unpaired) electrons. The van der Waals surface area contributed by atoms with Gasteiger partial charge in [0.25, 0.3) is 0 Å². The standard InChI is InChI=1S/C19H24N4O5S/c1-13-4-6-15(7-5-13)29(25,26)23-10-8-14(9-11-23)17(24)20-19-22-21-18(28-19)16-3-2-12-27-16/h4-7,14,16H,2-3,8-12H2,1H3,(H,20,22,24). The van der Waals surface area contributed by atoms with E-state index in [2.05, 4.69) is 15.5 Å². The second kappa shape index (κ2) is 8.21. The molecule has 1 atom stereocenters. The van der Waals surface area contributed by atoms with Crippen molar-refractivity contribution in [2.75, 3.05) is 25.0 Å². The zero-order valence-electron chi connectivity index (χ0n) is 16.2. The van der Waals surface area contributed by atoms with Crippen molar-refractivity contribution in [3.8, 4) is 0 Å². The monoisotopic (exact) mass is 420 g/mol. The van der Waals surface area contributed by atoms with E-state index < -0.39 is 10.0 Å². The van der Waals surface area contributed by atoms with E-state index >= 15 is 0 Å². The Morgan fingerprint density at radius 2 is 1.86 bits per heavy atom. The van der Waals surface area contributed by atoms with E-state index in [1.54, 1.807) is 24.3 Å². The molecule has 2 fully saturated rings. The lowest BCUT2D eigenvalue weighted by Crippen LogP contribution is -2.41. The molecule has 1 N–H and O–H groups in total. The Kier molecular flexibility index (Phi) is 5.66. The molecule has 0 saturated carbocycles. The van der Waals surface area contributed by atoms with Crippen LogP contribution in [-0.4, -0.2) is 48.5 Å². The van der Waals surface area contributed by atoms with Crippen molar-refractivity contribution in [3.63, 3.8) is 0 Å². The summed E-state index contributed by atoms with van der Waals surface area (Å²) in [5, 5.41) is 10.4. The molecule has 4 rings (SSSR count). The van der Waals surface area contributed by atoms with Crippen LogP contribution in [0.25, 0.3) is 0 Å². The van der Waals surface area contributed by atoms with Gasteiger partial charge in [0.2, 0.25) is 21.8 Å². The summed E-state index contributed by atoms with van der Waals surface area (Å²) < 4.78 is 38.0. The fourth-order valence-electron chi connectivity index (χ4n) is 3.61. The molecule has 29 heavy (non-hydrogen) atoms. The number of carbonyl (C=O) groups excluding carboxylic acids is 1. The Morgan fingerprint density at radius 1 is 1.14 bits per heavy atom. The molecule has 2 aliphatic rings. The number of aryl methyl sites for hydroxylation is 1. The van der Waals surface area contributed by atoms with Crippen LogP contribution in [0.1, 0.15) is 43.2 Å². The summed E-state index contributed by atoms with van der Waals surface area (Å²) in [7, 11) is -3.55. The number of rotatable bonds is 5. The zero-order chi connectivity index (χ0) is 20.4. The predicted octanol–water partition coefficient (Wildman–Crippen LogP) is 2.27. The van der Waals surface area contributed by atoms with Gasteiger partial charge in [-0.2, -0.15) is 4.31 Å².